The number of hydrogen-bond acceptors (Lipinski definition) is 12. The summed E-state index contributed by atoms with van der Waals surface area (Å²) in [4.78, 5) is 46.7. The summed E-state index contributed by atoms with van der Waals surface area (Å²) < 4.78 is 26.9. The van der Waals surface area contributed by atoms with E-state index in [2.05, 4.69) is 15.6 Å². The number of aryl methyl sites for hydroxylation is 1. The summed E-state index contributed by atoms with van der Waals surface area (Å²) in [5.41, 5.74) is 4.08. The number of rotatable bonds is 23. The number of likely N-dealkylation sites (tertiary alicyclic amines) is 1. The minimum absolute atomic E-state index is 0.00570. The molecular formula is C35H54N4O10S. The zero-order valence-corrected chi connectivity index (χ0v) is 30.5. The second-order valence-corrected chi connectivity index (χ2v) is 13.8. The zero-order valence-electron chi connectivity index (χ0n) is 29.7. The minimum atomic E-state index is -0.910. The Hall–Kier alpha value is -3.02. The van der Waals surface area contributed by atoms with Gasteiger partial charge in [0.1, 0.15) is 12.1 Å². The highest BCUT2D eigenvalue weighted by Crippen LogP contribution is 2.28. The van der Waals surface area contributed by atoms with Crippen molar-refractivity contribution in [3.05, 3.63) is 41.0 Å². The Morgan fingerprint density at radius 1 is 0.920 bits per heavy atom. The number of β-amino-alcohol motifs (C(OH)–C–C–N with tert-alkyl or cyclic N) is 1. The van der Waals surface area contributed by atoms with Gasteiger partial charge in [0.2, 0.25) is 17.7 Å². The highest BCUT2D eigenvalue weighted by atomic mass is 32.1. The number of nitrogens with one attached hydrogen (secondary N) is 2. The van der Waals surface area contributed by atoms with Gasteiger partial charge in [-0.1, -0.05) is 45.0 Å². The summed E-state index contributed by atoms with van der Waals surface area (Å²) in [5.74, 6) is -1.13. The van der Waals surface area contributed by atoms with Crippen molar-refractivity contribution in [2.45, 2.75) is 65.3 Å². The van der Waals surface area contributed by atoms with E-state index < -0.39 is 29.5 Å². The molecule has 3 amide bonds. The van der Waals surface area contributed by atoms with Crippen LogP contribution in [0.25, 0.3) is 10.4 Å². The molecule has 0 bridgehead atoms. The summed E-state index contributed by atoms with van der Waals surface area (Å²) in [5, 5.41) is 24.8. The van der Waals surface area contributed by atoms with Gasteiger partial charge < -0.3 is 49.4 Å². The Balaban J connectivity index is 1.36. The summed E-state index contributed by atoms with van der Waals surface area (Å²) in [7, 11) is 0. The molecule has 3 rings (SSSR count). The predicted molar refractivity (Wildman–Crippen MR) is 187 cm³/mol. The third kappa shape index (κ3) is 14.3. The Bertz CT molecular complexity index is 1300. The van der Waals surface area contributed by atoms with Crippen LogP contribution >= 0.6 is 11.3 Å². The maximum atomic E-state index is 13.8. The lowest BCUT2D eigenvalue weighted by Crippen LogP contribution is -2.57. The number of aliphatic hydroxyl groups excluding tert-OH is 2. The van der Waals surface area contributed by atoms with E-state index in [0.29, 0.717) is 59.5 Å². The number of nitrogens with zero attached hydrogens (tertiary/aromatic N) is 2. The molecule has 0 radical (unpaired) electrons. The molecule has 0 unspecified atom stereocenters. The van der Waals surface area contributed by atoms with E-state index in [1.54, 1.807) is 11.3 Å². The first kappa shape index (κ1) is 41.4. The van der Waals surface area contributed by atoms with E-state index in [1.165, 1.54) is 4.90 Å². The SMILES string of the molecule is Cc1ncsc1-c1ccc(CNC(=O)[C@@H]2C[C@@H](O)CN2C(=O)[C@@H](NC(=O)CCOCCOCCOCCOCCOCCO)C(C)(C)C)cc1. The number of hydrogen-bond donors (Lipinski definition) is 4. The first-order valence-electron chi connectivity index (χ1n) is 17.1. The standard InChI is InChI=1S/C35H54N4O10S/c1-25-31(50-24-37-25)27-7-5-26(6-8-27)22-36-33(43)29-21-28(41)23-39(29)34(44)32(35(2,3)4)38-30(42)9-11-45-13-15-47-17-19-49-20-18-48-16-14-46-12-10-40/h5-8,24,28-29,32,40-41H,9-23H2,1-4H3,(H,36,43)(H,38,42)/t28-,29+,32-/m1/s1. The Morgan fingerprint density at radius 2 is 1.48 bits per heavy atom. The van der Waals surface area contributed by atoms with Crippen molar-refractivity contribution in [2.75, 3.05) is 79.2 Å². The second kappa shape index (κ2) is 22.0. The van der Waals surface area contributed by atoms with Gasteiger partial charge in [-0.2, -0.15) is 0 Å². The number of carbonyl (C=O) groups is 3. The van der Waals surface area contributed by atoms with Gasteiger partial charge in [0, 0.05) is 25.9 Å². The van der Waals surface area contributed by atoms with E-state index in [1.807, 2.05) is 57.5 Å². The zero-order chi connectivity index (χ0) is 36.4. The Labute approximate surface area is 298 Å². The van der Waals surface area contributed by atoms with Crippen LogP contribution in [-0.2, 0) is 44.6 Å². The van der Waals surface area contributed by atoms with Gasteiger partial charge in [-0.15, -0.1) is 11.3 Å². The van der Waals surface area contributed by atoms with Gasteiger partial charge in [0.05, 0.1) is 94.9 Å². The quantitative estimate of drug-likeness (QED) is 0.123. The molecule has 14 nitrogen and oxygen atoms in total. The first-order valence-corrected chi connectivity index (χ1v) is 17.9. The van der Waals surface area contributed by atoms with Gasteiger partial charge in [-0.25, -0.2) is 4.98 Å². The molecule has 0 spiro atoms. The van der Waals surface area contributed by atoms with E-state index in [9.17, 15) is 19.5 Å². The number of aromatic nitrogens is 1. The van der Waals surface area contributed by atoms with Crippen molar-refractivity contribution in [1.82, 2.24) is 20.5 Å². The van der Waals surface area contributed by atoms with Crippen molar-refractivity contribution >= 4 is 29.1 Å². The second-order valence-electron chi connectivity index (χ2n) is 13.0. The smallest absolute Gasteiger partial charge is 0.246 e. The Morgan fingerprint density at radius 3 is 2.00 bits per heavy atom. The number of amides is 3. The van der Waals surface area contributed by atoms with Gasteiger partial charge in [-0.05, 0) is 23.5 Å². The van der Waals surface area contributed by atoms with Crippen molar-refractivity contribution in [2.24, 2.45) is 5.41 Å². The van der Waals surface area contributed by atoms with Gasteiger partial charge in [-0.3, -0.25) is 14.4 Å². The fourth-order valence-corrected chi connectivity index (χ4v) is 6.04. The lowest BCUT2D eigenvalue weighted by molar-refractivity contribution is -0.144. The highest BCUT2D eigenvalue weighted by Gasteiger charge is 2.44. The maximum absolute atomic E-state index is 13.8. The normalized spacial score (nSPS) is 16.8. The molecule has 1 aliphatic rings. The molecule has 1 aromatic heterocycles. The molecule has 4 N–H and O–H groups in total. The van der Waals surface area contributed by atoms with Crippen molar-refractivity contribution in [3.8, 4) is 10.4 Å². The Kier molecular flexibility index (Phi) is 18.2. The largest absolute Gasteiger partial charge is 0.394 e. The van der Waals surface area contributed by atoms with Crippen LogP contribution in [0.1, 0.15) is 44.9 Å². The fraction of sp³-hybridized carbons (Fsp3) is 0.657. The summed E-state index contributed by atoms with van der Waals surface area (Å²) in [6.07, 6.45) is -0.690. The molecule has 50 heavy (non-hydrogen) atoms. The molecule has 1 aliphatic heterocycles. The number of ether oxygens (including phenoxy) is 5. The third-order valence-corrected chi connectivity index (χ3v) is 8.89. The van der Waals surface area contributed by atoms with Crippen molar-refractivity contribution < 1.29 is 48.3 Å². The predicted octanol–water partition coefficient (Wildman–Crippen LogP) is 1.69. The van der Waals surface area contributed by atoms with Crippen LogP contribution in [0.4, 0.5) is 0 Å². The number of benzene rings is 1. The average molecular weight is 723 g/mol. The highest BCUT2D eigenvalue weighted by molar-refractivity contribution is 7.13. The molecule has 1 aromatic carbocycles. The van der Waals surface area contributed by atoms with Gasteiger partial charge in [0.15, 0.2) is 0 Å². The number of thiazole rings is 1. The maximum Gasteiger partial charge on any atom is 0.246 e. The van der Waals surface area contributed by atoms with Crippen LogP contribution in [0.2, 0.25) is 0 Å². The van der Waals surface area contributed by atoms with Crippen molar-refractivity contribution in [1.29, 1.82) is 0 Å². The van der Waals surface area contributed by atoms with Crippen molar-refractivity contribution in [3.63, 3.8) is 0 Å². The minimum Gasteiger partial charge on any atom is -0.394 e. The van der Waals surface area contributed by atoms with Crippen LogP contribution < -0.4 is 10.6 Å². The number of carbonyl (C=O) groups excluding carboxylic acids is 3. The number of aliphatic hydroxyl groups is 2. The monoisotopic (exact) mass is 722 g/mol. The molecule has 1 saturated heterocycles. The lowest BCUT2D eigenvalue weighted by atomic mass is 9.85. The van der Waals surface area contributed by atoms with Crippen LogP contribution in [0.3, 0.4) is 0 Å². The van der Waals surface area contributed by atoms with E-state index >= 15 is 0 Å². The van der Waals surface area contributed by atoms with Crippen LogP contribution in [0.5, 0.6) is 0 Å². The topological polar surface area (TPSA) is 178 Å². The fourth-order valence-electron chi connectivity index (χ4n) is 5.22. The molecule has 0 aliphatic carbocycles. The summed E-state index contributed by atoms with van der Waals surface area (Å²) >= 11 is 1.57. The van der Waals surface area contributed by atoms with E-state index in [-0.39, 0.29) is 51.0 Å². The molecule has 1 fully saturated rings. The van der Waals surface area contributed by atoms with E-state index in [4.69, 9.17) is 28.8 Å². The molecule has 15 heteroatoms. The molecule has 2 aromatic rings. The van der Waals surface area contributed by atoms with Crippen LogP contribution in [0, 0.1) is 12.3 Å². The molecule has 3 atom stereocenters. The molecule has 2 heterocycles. The molecule has 280 valence electrons. The third-order valence-electron chi connectivity index (χ3n) is 7.91. The molecule has 0 saturated carbocycles. The van der Waals surface area contributed by atoms with Crippen LogP contribution in [0.15, 0.2) is 29.8 Å². The van der Waals surface area contributed by atoms with Gasteiger partial charge >= 0.3 is 0 Å². The molecular weight excluding hydrogens is 668 g/mol. The van der Waals surface area contributed by atoms with Crippen LogP contribution in [-0.4, -0.2) is 135 Å². The summed E-state index contributed by atoms with van der Waals surface area (Å²) in [6.45, 7) is 11.4. The van der Waals surface area contributed by atoms with E-state index in [0.717, 1.165) is 21.7 Å². The van der Waals surface area contributed by atoms with Gasteiger partial charge in [0.25, 0.3) is 0 Å². The summed E-state index contributed by atoms with van der Waals surface area (Å²) in [6, 6.07) is 6.10. The average Bonchev–Trinajstić information content (AvgIpc) is 3.70. The lowest BCUT2D eigenvalue weighted by Gasteiger charge is -2.35. The first-order chi connectivity index (χ1) is 24.0.